The molecule has 0 N–H and O–H groups in total. The molecule has 2 aliphatic heterocycles. The molecule has 1 amide bonds. The normalized spacial score (nSPS) is 20.4. The molecule has 0 spiro atoms. The van der Waals surface area contributed by atoms with E-state index in [1.165, 1.54) is 0 Å². The van der Waals surface area contributed by atoms with Crippen molar-refractivity contribution in [3.8, 4) is 22.8 Å². The van der Waals surface area contributed by atoms with E-state index >= 15 is 0 Å². The van der Waals surface area contributed by atoms with Crippen LogP contribution in [0.3, 0.4) is 0 Å². The average molecular weight is 326 g/mol. The van der Waals surface area contributed by atoms with Crippen LogP contribution in [-0.4, -0.2) is 35.8 Å². The Hall–Kier alpha value is -2.50. The molecule has 1 aromatic heterocycles. The highest BCUT2D eigenvalue weighted by molar-refractivity contribution is 5.91. The third-order valence-electron chi connectivity index (χ3n) is 5.21. The largest absolute Gasteiger partial charge is 0.454 e. The van der Waals surface area contributed by atoms with Crippen LogP contribution < -0.4 is 9.47 Å². The molecule has 0 unspecified atom stereocenters. The van der Waals surface area contributed by atoms with Gasteiger partial charge in [-0.3, -0.25) is 4.79 Å². The molecule has 5 rings (SSSR count). The summed E-state index contributed by atoms with van der Waals surface area (Å²) in [6, 6.07) is 7.56. The number of rotatable bonds is 3. The van der Waals surface area contributed by atoms with Crippen LogP contribution in [-0.2, 0) is 10.2 Å². The van der Waals surface area contributed by atoms with Crippen molar-refractivity contribution >= 4 is 5.91 Å². The summed E-state index contributed by atoms with van der Waals surface area (Å²) in [5.74, 6) is 2.32. The van der Waals surface area contributed by atoms with Gasteiger partial charge in [0.2, 0.25) is 12.7 Å². The van der Waals surface area contributed by atoms with Crippen molar-refractivity contribution in [2.45, 2.75) is 31.1 Å². The number of nitrogens with zero attached hydrogens (tertiary/aromatic N) is 2. The zero-order chi connectivity index (χ0) is 16.1. The smallest absolute Gasteiger partial charge is 0.234 e. The Morgan fingerprint density at radius 1 is 1.08 bits per heavy atom. The molecule has 6 nitrogen and oxygen atoms in total. The Bertz CT molecular complexity index is 803. The number of likely N-dealkylation sites (tertiary alicyclic amines) is 1. The quantitative estimate of drug-likeness (QED) is 0.868. The van der Waals surface area contributed by atoms with Gasteiger partial charge in [-0.2, -0.15) is 0 Å². The predicted molar refractivity (Wildman–Crippen MR) is 84.8 cm³/mol. The Morgan fingerprint density at radius 3 is 2.67 bits per heavy atom. The highest BCUT2D eigenvalue weighted by Crippen LogP contribution is 2.50. The van der Waals surface area contributed by atoms with Gasteiger partial charge in [0, 0.05) is 24.7 Å². The predicted octanol–water partition coefficient (Wildman–Crippen LogP) is 2.72. The number of amides is 1. The third-order valence-corrected chi connectivity index (χ3v) is 5.21. The SMILES string of the molecule is O=C(N1CCCC1)C1(c2cc(-c3ccc4c(c3)OCO4)on2)CC1. The first kappa shape index (κ1) is 13.9. The molecule has 1 aromatic carbocycles. The van der Waals surface area contributed by atoms with Gasteiger partial charge < -0.3 is 18.9 Å². The summed E-state index contributed by atoms with van der Waals surface area (Å²) in [7, 11) is 0. The molecule has 124 valence electrons. The van der Waals surface area contributed by atoms with Gasteiger partial charge in [0.05, 0.1) is 11.1 Å². The molecular formula is C18H18N2O4. The van der Waals surface area contributed by atoms with Crippen LogP contribution in [0.4, 0.5) is 0 Å². The number of benzene rings is 1. The monoisotopic (exact) mass is 326 g/mol. The maximum absolute atomic E-state index is 12.8. The highest BCUT2D eigenvalue weighted by Gasteiger charge is 2.55. The van der Waals surface area contributed by atoms with Crippen molar-refractivity contribution in [1.29, 1.82) is 0 Å². The van der Waals surface area contributed by atoms with E-state index in [2.05, 4.69) is 5.16 Å². The van der Waals surface area contributed by atoms with Crippen molar-refractivity contribution in [3.05, 3.63) is 30.0 Å². The highest BCUT2D eigenvalue weighted by atomic mass is 16.7. The fraction of sp³-hybridized carbons (Fsp3) is 0.444. The lowest BCUT2D eigenvalue weighted by atomic mass is 9.99. The summed E-state index contributed by atoms with van der Waals surface area (Å²) in [6.45, 7) is 1.98. The van der Waals surface area contributed by atoms with E-state index in [1.54, 1.807) is 0 Å². The molecule has 24 heavy (non-hydrogen) atoms. The molecule has 0 radical (unpaired) electrons. The van der Waals surface area contributed by atoms with E-state index in [9.17, 15) is 4.79 Å². The van der Waals surface area contributed by atoms with Crippen LogP contribution in [0.25, 0.3) is 11.3 Å². The van der Waals surface area contributed by atoms with E-state index in [0.717, 1.165) is 55.8 Å². The van der Waals surface area contributed by atoms with Gasteiger partial charge >= 0.3 is 0 Å². The molecular weight excluding hydrogens is 308 g/mol. The summed E-state index contributed by atoms with van der Waals surface area (Å²) in [5.41, 5.74) is 1.18. The number of carbonyl (C=O) groups is 1. The maximum atomic E-state index is 12.8. The van der Waals surface area contributed by atoms with Gasteiger partial charge in [-0.1, -0.05) is 5.16 Å². The Balaban J connectivity index is 1.44. The zero-order valence-corrected chi connectivity index (χ0v) is 13.3. The fourth-order valence-electron chi connectivity index (χ4n) is 3.61. The summed E-state index contributed by atoms with van der Waals surface area (Å²) in [6.07, 6.45) is 3.91. The lowest BCUT2D eigenvalue weighted by Gasteiger charge is -2.20. The second-order valence-corrected chi connectivity index (χ2v) is 6.73. The van der Waals surface area contributed by atoms with Gasteiger partial charge in [0.1, 0.15) is 0 Å². The number of aromatic nitrogens is 1. The van der Waals surface area contributed by atoms with E-state index < -0.39 is 5.41 Å². The van der Waals surface area contributed by atoms with E-state index in [0.29, 0.717) is 11.5 Å². The van der Waals surface area contributed by atoms with Crippen LogP contribution in [0.5, 0.6) is 11.5 Å². The zero-order valence-electron chi connectivity index (χ0n) is 13.3. The lowest BCUT2D eigenvalue weighted by Crippen LogP contribution is -2.37. The first-order valence-electron chi connectivity index (χ1n) is 8.43. The standard InChI is InChI=1S/C18H18N2O4/c21-17(20-7-1-2-8-20)18(5-6-18)16-10-14(24-19-16)12-3-4-13-15(9-12)23-11-22-13/h3-4,9-10H,1-2,5-8,11H2. The van der Waals surface area contributed by atoms with Crippen LogP contribution in [0.1, 0.15) is 31.4 Å². The molecule has 3 heterocycles. The molecule has 2 aromatic rings. The van der Waals surface area contributed by atoms with Gasteiger partial charge in [0.15, 0.2) is 17.3 Å². The summed E-state index contributed by atoms with van der Waals surface area (Å²) < 4.78 is 16.3. The second kappa shape index (κ2) is 5.00. The number of hydrogen-bond donors (Lipinski definition) is 0. The summed E-state index contributed by atoms with van der Waals surface area (Å²) in [4.78, 5) is 14.8. The van der Waals surface area contributed by atoms with Crippen molar-refractivity contribution in [2.24, 2.45) is 0 Å². The second-order valence-electron chi connectivity index (χ2n) is 6.73. The first-order valence-corrected chi connectivity index (χ1v) is 8.43. The topological polar surface area (TPSA) is 64.8 Å². The maximum Gasteiger partial charge on any atom is 0.234 e. The minimum absolute atomic E-state index is 0.213. The van der Waals surface area contributed by atoms with Crippen LogP contribution >= 0.6 is 0 Å². The third kappa shape index (κ3) is 2.02. The van der Waals surface area contributed by atoms with Gasteiger partial charge in [-0.15, -0.1) is 0 Å². The minimum Gasteiger partial charge on any atom is -0.454 e. The average Bonchev–Trinajstić information content (AvgIpc) is 3.08. The van der Waals surface area contributed by atoms with Crippen LogP contribution in [0.15, 0.2) is 28.8 Å². The minimum atomic E-state index is -0.456. The summed E-state index contributed by atoms with van der Waals surface area (Å²) in [5, 5.41) is 4.22. The van der Waals surface area contributed by atoms with Crippen LogP contribution in [0.2, 0.25) is 0 Å². The van der Waals surface area contributed by atoms with Gasteiger partial charge in [-0.05, 0) is 43.9 Å². The van der Waals surface area contributed by atoms with Crippen LogP contribution in [0, 0.1) is 0 Å². The number of hydrogen-bond acceptors (Lipinski definition) is 5. The van der Waals surface area contributed by atoms with Gasteiger partial charge in [0.25, 0.3) is 0 Å². The number of fused-ring (bicyclic) bond motifs is 1. The van der Waals surface area contributed by atoms with Gasteiger partial charge in [-0.25, -0.2) is 0 Å². The molecule has 0 atom stereocenters. The lowest BCUT2D eigenvalue weighted by molar-refractivity contribution is -0.133. The van der Waals surface area contributed by atoms with Crippen molar-refractivity contribution in [3.63, 3.8) is 0 Å². The number of ether oxygens (including phenoxy) is 2. The van der Waals surface area contributed by atoms with Crippen molar-refractivity contribution in [1.82, 2.24) is 10.1 Å². The van der Waals surface area contributed by atoms with E-state index in [-0.39, 0.29) is 12.7 Å². The molecule has 1 saturated heterocycles. The van der Waals surface area contributed by atoms with Crippen molar-refractivity contribution in [2.75, 3.05) is 19.9 Å². The molecule has 1 saturated carbocycles. The molecule has 2 fully saturated rings. The Morgan fingerprint density at radius 2 is 1.88 bits per heavy atom. The van der Waals surface area contributed by atoms with Crippen molar-refractivity contribution < 1.29 is 18.8 Å². The van der Waals surface area contributed by atoms with E-state index in [1.807, 2.05) is 29.2 Å². The molecule has 6 heteroatoms. The molecule has 1 aliphatic carbocycles. The summed E-state index contributed by atoms with van der Waals surface area (Å²) >= 11 is 0. The molecule has 0 bridgehead atoms. The fourth-order valence-corrected chi connectivity index (χ4v) is 3.61. The number of carbonyl (C=O) groups excluding carboxylic acids is 1. The Kier molecular flexibility index (Phi) is 2.89. The molecule has 3 aliphatic rings. The van der Waals surface area contributed by atoms with E-state index in [4.69, 9.17) is 14.0 Å². The first-order chi connectivity index (χ1) is 11.8. The Labute approximate surface area is 139 Å².